The molecule has 0 saturated carbocycles. The average molecular weight is 297 g/mol. The molecule has 0 atom stereocenters. The standard InChI is InChI=1S/C11H23NO4S2/c13-5-9-17-7-1-3-12(11(15)16)4-2-8-18-10-6-14/h13-14H,1-10H2,(H,15,16). The van der Waals surface area contributed by atoms with E-state index in [4.69, 9.17) is 15.3 Å². The third kappa shape index (κ3) is 11.0. The maximum Gasteiger partial charge on any atom is 0.407 e. The zero-order chi connectivity index (χ0) is 13.6. The maximum absolute atomic E-state index is 11.0. The topological polar surface area (TPSA) is 81.0 Å². The molecule has 0 fully saturated rings. The van der Waals surface area contributed by atoms with Crippen LogP contribution in [0.5, 0.6) is 0 Å². The highest BCUT2D eigenvalue weighted by molar-refractivity contribution is 7.99. The summed E-state index contributed by atoms with van der Waals surface area (Å²) in [5.41, 5.74) is 0. The molecular weight excluding hydrogens is 274 g/mol. The molecule has 0 rings (SSSR count). The van der Waals surface area contributed by atoms with Gasteiger partial charge in [-0.25, -0.2) is 4.79 Å². The van der Waals surface area contributed by atoms with Gasteiger partial charge in [-0.1, -0.05) is 0 Å². The Morgan fingerprint density at radius 1 is 0.889 bits per heavy atom. The van der Waals surface area contributed by atoms with Crippen LogP contribution < -0.4 is 0 Å². The predicted octanol–water partition coefficient (Wildman–Crippen LogP) is 1.20. The molecule has 0 radical (unpaired) electrons. The molecule has 0 aliphatic carbocycles. The molecule has 0 heterocycles. The van der Waals surface area contributed by atoms with Crippen molar-refractivity contribution in [1.82, 2.24) is 4.90 Å². The number of thioether (sulfide) groups is 2. The van der Waals surface area contributed by atoms with Crippen molar-refractivity contribution < 1.29 is 20.1 Å². The fourth-order valence-electron chi connectivity index (χ4n) is 1.35. The molecule has 0 saturated heterocycles. The van der Waals surface area contributed by atoms with Gasteiger partial charge in [-0.2, -0.15) is 23.5 Å². The van der Waals surface area contributed by atoms with Gasteiger partial charge in [0, 0.05) is 24.6 Å². The Bertz CT molecular complexity index is 193. The third-order valence-corrected chi connectivity index (χ3v) is 4.27. The lowest BCUT2D eigenvalue weighted by atomic mass is 10.4. The van der Waals surface area contributed by atoms with Crippen LogP contribution in [0, 0.1) is 0 Å². The number of aliphatic hydroxyl groups excluding tert-OH is 2. The van der Waals surface area contributed by atoms with E-state index in [0.717, 1.165) is 24.3 Å². The van der Waals surface area contributed by atoms with Crippen LogP contribution >= 0.6 is 23.5 Å². The lowest BCUT2D eigenvalue weighted by Gasteiger charge is -2.18. The summed E-state index contributed by atoms with van der Waals surface area (Å²) < 4.78 is 0. The second-order valence-corrected chi connectivity index (χ2v) is 6.10. The van der Waals surface area contributed by atoms with Crippen LogP contribution in [-0.2, 0) is 0 Å². The molecule has 7 heteroatoms. The molecule has 5 nitrogen and oxygen atoms in total. The summed E-state index contributed by atoms with van der Waals surface area (Å²) >= 11 is 3.28. The molecule has 108 valence electrons. The van der Waals surface area contributed by atoms with Crippen molar-refractivity contribution in [1.29, 1.82) is 0 Å². The van der Waals surface area contributed by atoms with Gasteiger partial charge in [-0.05, 0) is 24.3 Å². The largest absolute Gasteiger partial charge is 0.465 e. The second kappa shape index (κ2) is 13.3. The minimum Gasteiger partial charge on any atom is -0.465 e. The van der Waals surface area contributed by atoms with Crippen molar-refractivity contribution in [2.75, 3.05) is 49.3 Å². The van der Waals surface area contributed by atoms with Crippen LogP contribution in [0.3, 0.4) is 0 Å². The highest BCUT2D eigenvalue weighted by Gasteiger charge is 2.10. The van der Waals surface area contributed by atoms with Crippen molar-refractivity contribution >= 4 is 29.6 Å². The van der Waals surface area contributed by atoms with Gasteiger partial charge >= 0.3 is 6.09 Å². The lowest BCUT2D eigenvalue weighted by Crippen LogP contribution is -2.32. The SMILES string of the molecule is O=C(O)N(CCCSCCO)CCCSCCO. The number of hydrogen-bond donors (Lipinski definition) is 3. The van der Waals surface area contributed by atoms with Crippen LogP contribution in [0.2, 0.25) is 0 Å². The normalized spacial score (nSPS) is 10.6. The van der Waals surface area contributed by atoms with Crippen LogP contribution in [0.1, 0.15) is 12.8 Å². The Morgan fingerprint density at radius 2 is 1.33 bits per heavy atom. The van der Waals surface area contributed by atoms with E-state index in [1.54, 1.807) is 23.5 Å². The van der Waals surface area contributed by atoms with Gasteiger partial charge in [-0.15, -0.1) is 0 Å². The summed E-state index contributed by atoms with van der Waals surface area (Å²) in [6, 6.07) is 0. The van der Waals surface area contributed by atoms with Gasteiger partial charge in [0.2, 0.25) is 0 Å². The zero-order valence-electron chi connectivity index (χ0n) is 10.6. The minimum absolute atomic E-state index is 0.176. The van der Waals surface area contributed by atoms with Crippen molar-refractivity contribution in [3.63, 3.8) is 0 Å². The summed E-state index contributed by atoms with van der Waals surface area (Å²) in [5, 5.41) is 26.2. The molecule has 0 bridgehead atoms. The molecule has 18 heavy (non-hydrogen) atoms. The van der Waals surface area contributed by atoms with Crippen molar-refractivity contribution in [2.24, 2.45) is 0 Å². The van der Waals surface area contributed by atoms with Gasteiger partial charge in [0.25, 0.3) is 0 Å². The summed E-state index contributed by atoms with van der Waals surface area (Å²) in [4.78, 5) is 12.4. The zero-order valence-corrected chi connectivity index (χ0v) is 12.2. The molecule has 1 amide bonds. The Hall–Kier alpha value is -0.110. The average Bonchev–Trinajstić information content (AvgIpc) is 2.35. The minimum atomic E-state index is -0.866. The van der Waals surface area contributed by atoms with E-state index >= 15 is 0 Å². The maximum atomic E-state index is 11.0. The first kappa shape index (κ1) is 17.9. The van der Waals surface area contributed by atoms with Crippen molar-refractivity contribution in [3.8, 4) is 0 Å². The Kier molecular flexibility index (Phi) is 13.2. The number of rotatable bonds is 12. The lowest BCUT2D eigenvalue weighted by molar-refractivity contribution is 0.145. The summed E-state index contributed by atoms with van der Waals surface area (Å²) in [6.45, 7) is 1.46. The number of nitrogens with zero attached hydrogens (tertiary/aromatic N) is 1. The molecule has 0 unspecified atom stereocenters. The highest BCUT2D eigenvalue weighted by atomic mass is 32.2. The number of carboxylic acid groups (broad SMARTS) is 1. The van der Waals surface area contributed by atoms with E-state index in [1.165, 1.54) is 4.90 Å². The molecule has 0 aromatic heterocycles. The van der Waals surface area contributed by atoms with Gasteiger partial charge in [0.1, 0.15) is 0 Å². The van der Waals surface area contributed by atoms with E-state index in [-0.39, 0.29) is 13.2 Å². The third-order valence-electron chi connectivity index (χ3n) is 2.18. The molecule has 0 aliphatic rings. The monoisotopic (exact) mass is 297 g/mol. The van der Waals surface area contributed by atoms with Gasteiger partial charge in [0.15, 0.2) is 0 Å². The fraction of sp³-hybridized carbons (Fsp3) is 0.909. The van der Waals surface area contributed by atoms with Crippen LogP contribution in [0.25, 0.3) is 0 Å². The Morgan fingerprint density at radius 3 is 1.67 bits per heavy atom. The summed E-state index contributed by atoms with van der Waals surface area (Å²) in [7, 11) is 0. The number of aliphatic hydroxyl groups is 2. The van der Waals surface area contributed by atoms with Crippen LogP contribution in [-0.4, -0.2) is 75.6 Å². The van der Waals surface area contributed by atoms with Crippen molar-refractivity contribution in [3.05, 3.63) is 0 Å². The Labute approximate surface area is 117 Å². The molecular formula is C11H23NO4S2. The first-order valence-corrected chi connectivity index (χ1v) is 8.38. The van der Waals surface area contributed by atoms with E-state index in [1.807, 2.05) is 0 Å². The predicted molar refractivity (Wildman–Crippen MR) is 77.7 cm³/mol. The number of hydrogen-bond acceptors (Lipinski definition) is 5. The fourth-order valence-corrected chi connectivity index (χ4v) is 2.68. The molecule has 0 spiro atoms. The second-order valence-electron chi connectivity index (χ2n) is 3.65. The van der Waals surface area contributed by atoms with Gasteiger partial charge in [0.05, 0.1) is 13.2 Å². The van der Waals surface area contributed by atoms with Crippen LogP contribution in [0.4, 0.5) is 4.79 Å². The molecule has 0 aliphatic heterocycles. The summed E-state index contributed by atoms with van der Waals surface area (Å²) in [5.74, 6) is 3.18. The Balaban J connectivity index is 3.56. The van der Waals surface area contributed by atoms with Gasteiger partial charge in [-0.3, -0.25) is 0 Å². The number of amides is 1. The summed E-state index contributed by atoms with van der Waals surface area (Å²) in [6.07, 6.45) is 0.774. The highest BCUT2D eigenvalue weighted by Crippen LogP contribution is 2.06. The quantitative estimate of drug-likeness (QED) is 0.470. The van der Waals surface area contributed by atoms with E-state index in [2.05, 4.69) is 0 Å². The van der Waals surface area contributed by atoms with E-state index in [0.29, 0.717) is 24.6 Å². The molecule has 3 N–H and O–H groups in total. The smallest absolute Gasteiger partial charge is 0.407 e. The molecule has 0 aromatic carbocycles. The first-order valence-electron chi connectivity index (χ1n) is 6.07. The van der Waals surface area contributed by atoms with E-state index < -0.39 is 6.09 Å². The van der Waals surface area contributed by atoms with Crippen molar-refractivity contribution in [2.45, 2.75) is 12.8 Å². The van der Waals surface area contributed by atoms with Crippen LogP contribution in [0.15, 0.2) is 0 Å². The van der Waals surface area contributed by atoms with Gasteiger partial charge < -0.3 is 20.2 Å². The van der Waals surface area contributed by atoms with E-state index in [9.17, 15) is 4.79 Å². The molecule has 0 aromatic rings. The first-order chi connectivity index (χ1) is 8.72. The number of carbonyl (C=O) groups is 1.